The number of aryl methyl sites for hydroxylation is 1. The first-order valence-electron chi connectivity index (χ1n) is 11.8. The van der Waals surface area contributed by atoms with Crippen LogP contribution in [0.25, 0.3) is 11.0 Å². The van der Waals surface area contributed by atoms with E-state index < -0.39 is 11.4 Å². The van der Waals surface area contributed by atoms with Crippen molar-refractivity contribution in [3.63, 3.8) is 0 Å². The zero-order valence-corrected chi connectivity index (χ0v) is 20.0. The molecule has 7 nitrogen and oxygen atoms in total. The van der Waals surface area contributed by atoms with Crippen LogP contribution in [0.5, 0.6) is 0 Å². The molecule has 1 unspecified atom stereocenters. The lowest BCUT2D eigenvalue weighted by Crippen LogP contribution is -2.54. The van der Waals surface area contributed by atoms with Crippen LogP contribution in [-0.2, 0) is 21.6 Å². The minimum Gasteiger partial charge on any atom is -0.450 e. The van der Waals surface area contributed by atoms with E-state index in [2.05, 4.69) is 0 Å². The van der Waals surface area contributed by atoms with Crippen LogP contribution < -0.4 is 10.3 Å². The molecule has 0 bridgehead atoms. The highest BCUT2D eigenvalue weighted by atomic mass is 16.5. The molecule has 0 saturated heterocycles. The van der Waals surface area contributed by atoms with Gasteiger partial charge in [-0.05, 0) is 36.2 Å². The van der Waals surface area contributed by atoms with Crippen LogP contribution in [0.1, 0.15) is 32.8 Å². The van der Waals surface area contributed by atoms with Gasteiger partial charge in [-0.3, -0.25) is 14.4 Å². The van der Waals surface area contributed by atoms with Crippen LogP contribution in [0.3, 0.4) is 0 Å². The van der Waals surface area contributed by atoms with E-state index in [0.29, 0.717) is 28.8 Å². The van der Waals surface area contributed by atoms with Crippen molar-refractivity contribution in [2.75, 3.05) is 25.2 Å². The summed E-state index contributed by atoms with van der Waals surface area (Å²) < 4.78 is 11.3. The first-order valence-corrected chi connectivity index (χ1v) is 11.8. The van der Waals surface area contributed by atoms with Crippen molar-refractivity contribution in [2.24, 2.45) is 0 Å². The molecule has 1 atom stereocenters. The van der Waals surface area contributed by atoms with Gasteiger partial charge in [-0.2, -0.15) is 0 Å². The van der Waals surface area contributed by atoms with Crippen LogP contribution in [0.2, 0.25) is 0 Å². The number of amides is 2. The highest BCUT2D eigenvalue weighted by molar-refractivity contribution is 6.17. The van der Waals surface area contributed by atoms with Gasteiger partial charge in [0.15, 0.2) is 11.0 Å². The van der Waals surface area contributed by atoms with E-state index >= 15 is 0 Å². The zero-order chi connectivity index (χ0) is 25.0. The Kier molecular flexibility index (Phi) is 5.05. The molecule has 6 rings (SSSR count). The third-order valence-electron chi connectivity index (χ3n) is 7.25. The van der Waals surface area contributed by atoms with E-state index in [1.165, 1.54) is 12.0 Å². The van der Waals surface area contributed by atoms with Crippen LogP contribution in [0.15, 0.2) is 82.0 Å². The summed E-state index contributed by atoms with van der Waals surface area (Å²) in [6.45, 7) is 2.62. The van der Waals surface area contributed by atoms with Gasteiger partial charge in [-0.15, -0.1) is 0 Å². The fourth-order valence-electron chi connectivity index (χ4n) is 5.54. The third kappa shape index (κ3) is 2.86. The Balaban J connectivity index is 1.65. The fourth-order valence-corrected chi connectivity index (χ4v) is 5.54. The van der Waals surface area contributed by atoms with E-state index in [-0.39, 0.29) is 35.8 Å². The number of benzene rings is 3. The van der Waals surface area contributed by atoms with Crippen molar-refractivity contribution >= 4 is 28.5 Å². The Morgan fingerprint density at radius 2 is 1.64 bits per heavy atom. The summed E-state index contributed by atoms with van der Waals surface area (Å²) in [5.41, 5.74) is 1.68. The van der Waals surface area contributed by atoms with Gasteiger partial charge in [-0.1, -0.05) is 54.6 Å². The molecule has 2 aliphatic heterocycles. The van der Waals surface area contributed by atoms with Gasteiger partial charge in [0, 0.05) is 19.2 Å². The molecule has 7 heteroatoms. The number of methoxy groups -OCH3 is 1. The third-order valence-corrected chi connectivity index (χ3v) is 7.25. The second kappa shape index (κ2) is 8.17. The number of ether oxygens (including phenoxy) is 1. The van der Waals surface area contributed by atoms with Gasteiger partial charge >= 0.3 is 0 Å². The summed E-state index contributed by atoms with van der Waals surface area (Å²) in [5.74, 6) is -0.931. The molecule has 2 aliphatic rings. The van der Waals surface area contributed by atoms with Gasteiger partial charge in [-0.25, -0.2) is 0 Å². The molecule has 3 heterocycles. The largest absolute Gasteiger partial charge is 0.450 e. The van der Waals surface area contributed by atoms with Crippen molar-refractivity contribution in [1.82, 2.24) is 4.90 Å². The maximum Gasteiger partial charge on any atom is 0.291 e. The summed E-state index contributed by atoms with van der Waals surface area (Å²) >= 11 is 0. The highest BCUT2D eigenvalue weighted by Crippen LogP contribution is 2.52. The van der Waals surface area contributed by atoms with E-state index in [1.807, 2.05) is 55.5 Å². The minimum absolute atomic E-state index is 0.0760. The molecule has 36 heavy (non-hydrogen) atoms. The van der Waals surface area contributed by atoms with Crippen LogP contribution in [-0.4, -0.2) is 37.0 Å². The predicted octanol–water partition coefficient (Wildman–Crippen LogP) is 3.99. The van der Waals surface area contributed by atoms with Crippen LogP contribution in [0, 0.1) is 6.92 Å². The zero-order valence-electron chi connectivity index (χ0n) is 20.0. The number of fused-ring (bicyclic) bond motifs is 5. The molecule has 3 aromatic carbocycles. The predicted molar refractivity (Wildman–Crippen MR) is 135 cm³/mol. The molecule has 4 aromatic rings. The lowest BCUT2D eigenvalue weighted by atomic mass is 9.84. The number of para-hydroxylation sites is 2. The first-order chi connectivity index (χ1) is 17.5. The summed E-state index contributed by atoms with van der Waals surface area (Å²) in [6, 6.07) is 22.0. The second-order valence-electron chi connectivity index (χ2n) is 9.13. The lowest BCUT2D eigenvalue weighted by molar-refractivity contribution is -0.126. The number of anilines is 1. The molecule has 1 aromatic heterocycles. The van der Waals surface area contributed by atoms with Gasteiger partial charge in [0.25, 0.3) is 11.8 Å². The van der Waals surface area contributed by atoms with Crippen LogP contribution >= 0.6 is 0 Å². The number of hydrogen-bond donors (Lipinski definition) is 0. The van der Waals surface area contributed by atoms with E-state index in [4.69, 9.17) is 9.15 Å². The Morgan fingerprint density at radius 1 is 0.917 bits per heavy atom. The van der Waals surface area contributed by atoms with Crippen molar-refractivity contribution in [2.45, 2.75) is 19.0 Å². The molecule has 0 radical (unpaired) electrons. The van der Waals surface area contributed by atoms with E-state index in [1.54, 1.807) is 29.2 Å². The van der Waals surface area contributed by atoms with Crippen molar-refractivity contribution < 1.29 is 18.7 Å². The highest BCUT2D eigenvalue weighted by Gasteiger charge is 2.64. The topological polar surface area (TPSA) is 80.1 Å². The Hall–Kier alpha value is -4.23. The van der Waals surface area contributed by atoms with Gasteiger partial charge < -0.3 is 19.0 Å². The number of carbonyl (C=O) groups is 2. The Morgan fingerprint density at radius 3 is 2.44 bits per heavy atom. The SMILES string of the molecule is COCCN1C(=O)c2oc3ccccc3c(=O)c2C12C(=O)N(Cc1ccccc1C)c1ccccc12. The number of nitrogens with zero attached hydrogens (tertiary/aromatic N) is 2. The minimum atomic E-state index is -1.63. The van der Waals surface area contributed by atoms with E-state index in [0.717, 1.165) is 11.1 Å². The monoisotopic (exact) mass is 480 g/mol. The Labute approximate surface area is 207 Å². The van der Waals surface area contributed by atoms with Gasteiger partial charge in [0.05, 0.1) is 29.8 Å². The maximum atomic E-state index is 14.6. The van der Waals surface area contributed by atoms with Crippen molar-refractivity contribution in [3.05, 3.63) is 111 Å². The molecule has 0 saturated carbocycles. The summed E-state index contributed by atoms with van der Waals surface area (Å²) in [6.07, 6.45) is 0. The summed E-state index contributed by atoms with van der Waals surface area (Å²) in [5, 5.41) is 0.333. The number of hydrogen-bond acceptors (Lipinski definition) is 5. The number of carbonyl (C=O) groups excluding carboxylic acids is 2. The first kappa shape index (κ1) is 22.2. The molecule has 1 spiro atoms. The molecular formula is C29H24N2O5. The molecule has 2 amide bonds. The normalized spacial score (nSPS) is 18.4. The average Bonchev–Trinajstić information content (AvgIpc) is 3.29. The maximum absolute atomic E-state index is 14.6. The Bertz CT molecular complexity index is 1610. The smallest absolute Gasteiger partial charge is 0.291 e. The van der Waals surface area contributed by atoms with Crippen LogP contribution in [0.4, 0.5) is 5.69 Å². The number of rotatable bonds is 5. The van der Waals surface area contributed by atoms with Crippen molar-refractivity contribution in [3.8, 4) is 0 Å². The summed E-state index contributed by atoms with van der Waals surface area (Å²) in [4.78, 5) is 45.5. The van der Waals surface area contributed by atoms with Gasteiger partial charge in [0.1, 0.15) is 5.58 Å². The quantitative estimate of drug-likeness (QED) is 0.432. The standard InChI is InChI=1S/C29H24N2O5/c1-18-9-3-4-10-19(18)17-30-22-13-7-6-12-21(22)29(28(30)34)24-25(32)20-11-5-8-14-23(20)36-26(24)27(33)31(29)15-16-35-2/h3-14H,15-17H2,1-2H3. The van der Waals surface area contributed by atoms with Crippen molar-refractivity contribution in [1.29, 1.82) is 0 Å². The second-order valence-corrected chi connectivity index (χ2v) is 9.13. The molecule has 0 N–H and O–H groups in total. The summed E-state index contributed by atoms with van der Waals surface area (Å²) in [7, 11) is 1.53. The fraction of sp³-hybridized carbons (Fsp3) is 0.207. The van der Waals surface area contributed by atoms with Gasteiger partial charge in [0.2, 0.25) is 5.76 Å². The molecule has 0 fully saturated rings. The molecule has 180 valence electrons. The average molecular weight is 481 g/mol. The molecular weight excluding hydrogens is 456 g/mol. The van der Waals surface area contributed by atoms with E-state index in [9.17, 15) is 14.4 Å². The lowest BCUT2D eigenvalue weighted by Gasteiger charge is -2.34. The molecule has 0 aliphatic carbocycles.